The maximum absolute atomic E-state index is 3.70. The molecule has 0 saturated carbocycles. The Labute approximate surface area is 213 Å². The van der Waals surface area contributed by atoms with Gasteiger partial charge in [0, 0.05) is 49.0 Å². The van der Waals surface area contributed by atoms with E-state index in [1.165, 1.54) is 75.0 Å². The van der Waals surface area contributed by atoms with Gasteiger partial charge in [0.1, 0.15) is 0 Å². The zero-order valence-corrected chi connectivity index (χ0v) is 20.3. The van der Waals surface area contributed by atoms with Gasteiger partial charge < -0.3 is 4.98 Å². The lowest BCUT2D eigenvalue weighted by Gasteiger charge is -2.13. The van der Waals surface area contributed by atoms with Crippen LogP contribution in [0.4, 0.5) is 0 Å². The van der Waals surface area contributed by atoms with Crippen LogP contribution in [0.1, 0.15) is 1.43 Å². The molecule has 0 spiro atoms. The Bertz CT molecular complexity index is 1960. The zero-order valence-electron chi connectivity index (χ0n) is 19.5. The summed E-state index contributed by atoms with van der Waals surface area (Å²) in [5, 5.41) is 7.78. The summed E-state index contributed by atoms with van der Waals surface area (Å²) in [7, 11) is 0. The SMILES string of the molecule is [HH].c1ccc2c(c1)[nH]c1c(-c3cccc4c(-c5cccc6c5sc5ccccc56)cccc34)cccc12. The van der Waals surface area contributed by atoms with E-state index in [4.69, 9.17) is 0 Å². The van der Waals surface area contributed by atoms with Crippen molar-refractivity contribution in [3.63, 3.8) is 0 Å². The van der Waals surface area contributed by atoms with Crippen LogP contribution in [0.25, 0.3) is 75.0 Å². The highest BCUT2D eigenvalue weighted by molar-refractivity contribution is 7.26. The predicted octanol–water partition coefficient (Wildman–Crippen LogP) is 10.4. The van der Waals surface area contributed by atoms with Gasteiger partial charge in [0.2, 0.25) is 0 Å². The predicted molar refractivity (Wildman–Crippen MR) is 159 cm³/mol. The maximum Gasteiger partial charge on any atom is 0.0544 e. The largest absolute Gasteiger partial charge is 0.354 e. The first-order chi connectivity index (χ1) is 17.9. The molecule has 0 bridgehead atoms. The van der Waals surface area contributed by atoms with Crippen molar-refractivity contribution in [2.75, 3.05) is 0 Å². The van der Waals surface area contributed by atoms with Gasteiger partial charge in [0.05, 0.1) is 5.52 Å². The Hall–Kier alpha value is -4.40. The average molecular weight is 478 g/mol. The molecule has 0 amide bonds. The van der Waals surface area contributed by atoms with Gasteiger partial charge in [-0.1, -0.05) is 109 Å². The summed E-state index contributed by atoms with van der Waals surface area (Å²) >= 11 is 1.89. The van der Waals surface area contributed by atoms with Crippen LogP contribution in [-0.2, 0) is 0 Å². The lowest BCUT2D eigenvalue weighted by molar-refractivity contribution is 1.54. The highest BCUT2D eigenvalue weighted by Gasteiger charge is 2.15. The van der Waals surface area contributed by atoms with E-state index in [1.807, 2.05) is 11.3 Å². The van der Waals surface area contributed by atoms with E-state index in [0.717, 1.165) is 0 Å². The zero-order chi connectivity index (χ0) is 23.6. The summed E-state index contributed by atoms with van der Waals surface area (Å²) in [5.74, 6) is 0. The second-order valence-corrected chi connectivity index (χ2v) is 10.4. The van der Waals surface area contributed by atoms with Gasteiger partial charge in [0.15, 0.2) is 0 Å². The molecule has 0 aliphatic heterocycles. The summed E-state index contributed by atoms with van der Waals surface area (Å²) in [4.78, 5) is 3.70. The third kappa shape index (κ3) is 2.76. The van der Waals surface area contributed by atoms with E-state index in [1.54, 1.807) is 0 Å². The molecule has 0 atom stereocenters. The lowest BCUT2D eigenvalue weighted by atomic mass is 9.91. The van der Waals surface area contributed by atoms with Crippen LogP contribution < -0.4 is 0 Å². The van der Waals surface area contributed by atoms with E-state index >= 15 is 0 Å². The summed E-state index contributed by atoms with van der Waals surface area (Å²) in [6, 6.07) is 44.1. The first-order valence-electron chi connectivity index (χ1n) is 12.3. The third-order valence-corrected chi connectivity index (χ3v) is 8.67. The van der Waals surface area contributed by atoms with Gasteiger partial charge in [0.25, 0.3) is 0 Å². The molecule has 0 aliphatic carbocycles. The minimum absolute atomic E-state index is 0. The Balaban J connectivity index is 0.00000231. The monoisotopic (exact) mass is 477 g/mol. The van der Waals surface area contributed by atoms with Crippen molar-refractivity contribution in [3.05, 3.63) is 121 Å². The van der Waals surface area contributed by atoms with E-state index in [0.29, 0.717) is 0 Å². The van der Waals surface area contributed by atoms with Crippen molar-refractivity contribution in [2.24, 2.45) is 0 Å². The molecular formula is C34H23NS. The highest BCUT2D eigenvalue weighted by Crippen LogP contribution is 2.43. The molecule has 2 heteroatoms. The molecule has 8 rings (SSSR count). The molecule has 0 fully saturated rings. The van der Waals surface area contributed by atoms with Crippen LogP contribution in [0.3, 0.4) is 0 Å². The fraction of sp³-hybridized carbons (Fsp3) is 0. The van der Waals surface area contributed by atoms with Crippen LogP contribution in [0, 0.1) is 0 Å². The van der Waals surface area contributed by atoms with Crippen molar-refractivity contribution in [2.45, 2.75) is 0 Å². The number of rotatable bonds is 2. The fourth-order valence-electron chi connectivity index (χ4n) is 5.84. The topological polar surface area (TPSA) is 15.8 Å². The molecule has 170 valence electrons. The Morgan fingerprint density at radius 3 is 1.78 bits per heavy atom. The summed E-state index contributed by atoms with van der Waals surface area (Å²) in [5.41, 5.74) is 7.47. The summed E-state index contributed by atoms with van der Waals surface area (Å²) in [6.07, 6.45) is 0. The van der Waals surface area contributed by atoms with Crippen LogP contribution >= 0.6 is 11.3 Å². The smallest absolute Gasteiger partial charge is 0.0544 e. The molecule has 2 aromatic heterocycles. The molecule has 1 nitrogen and oxygen atoms in total. The Morgan fingerprint density at radius 2 is 0.972 bits per heavy atom. The number of H-pyrrole nitrogens is 1. The molecular weight excluding hydrogens is 454 g/mol. The van der Waals surface area contributed by atoms with Crippen LogP contribution in [0.15, 0.2) is 121 Å². The minimum Gasteiger partial charge on any atom is -0.354 e. The second-order valence-electron chi connectivity index (χ2n) is 9.39. The van der Waals surface area contributed by atoms with Crippen molar-refractivity contribution in [1.82, 2.24) is 4.98 Å². The first kappa shape index (κ1) is 19.9. The van der Waals surface area contributed by atoms with Crippen LogP contribution in [0.2, 0.25) is 0 Å². The molecule has 6 aromatic carbocycles. The number of para-hydroxylation sites is 2. The van der Waals surface area contributed by atoms with Gasteiger partial charge in [-0.25, -0.2) is 0 Å². The van der Waals surface area contributed by atoms with E-state index < -0.39 is 0 Å². The molecule has 2 heterocycles. The number of hydrogen-bond donors (Lipinski definition) is 1. The Morgan fingerprint density at radius 1 is 0.417 bits per heavy atom. The van der Waals surface area contributed by atoms with E-state index in [2.05, 4.69) is 126 Å². The van der Waals surface area contributed by atoms with E-state index in [9.17, 15) is 0 Å². The highest BCUT2D eigenvalue weighted by atomic mass is 32.1. The normalized spacial score (nSPS) is 11.9. The number of hydrogen-bond acceptors (Lipinski definition) is 1. The van der Waals surface area contributed by atoms with Crippen molar-refractivity contribution in [3.8, 4) is 22.3 Å². The van der Waals surface area contributed by atoms with Gasteiger partial charge in [-0.05, 0) is 34.0 Å². The lowest BCUT2D eigenvalue weighted by Crippen LogP contribution is -1.86. The average Bonchev–Trinajstić information content (AvgIpc) is 3.51. The van der Waals surface area contributed by atoms with Crippen molar-refractivity contribution >= 4 is 64.1 Å². The molecule has 8 aromatic rings. The van der Waals surface area contributed by atoms with Gasteiger partial charge in [-0.2, -0.15) is 0 Å². The molecule has 0 saturated heterocycles. The number of nitrogens with one attached hydrogen (secondary N) is 1. The van der Waals surface area contributed by atoms with Crippen molar-refractivity contribution < 1.29 is 1.43 Å². The van der Waals surface area contributed by atoms with Crippen LogP contribution in [-0.4, -0.2) is 4.98 Å². The second kappa shape index (κ2) is 7.55. The quantitative estimate of drug-likeness (QED) is 0.255. The fourth-order valence-corrected chi connectivity index (χ4v) is 7.07. The molecule has 36 heavy (non-hydrogen) atoms. The molecule has 0 radical (unpaired) electrons. The number of fused-ring (bicyclic) bond motifs is 7. The number of aromatic nitrogens is 1. The number of thiophene rings is 1. The molecule has 0 unspecified atom stereocenters. The Kier molecular flexibility index (Phi) is 4.16. The summed E-state index contributed by atoms with van der Waals surface area (Å²) in [6.45, 7) is 0. The van der Waals surface area contributed by atoms with E-state index in [-0.39, 0.29) is 1.43 Å². The van der Waals surface area contributed by atoms with Crippen LogP contribution in [0.5, 0.6) is 0 Å². The molecule has 1 N–H and O–H groups in total. The third-order valence-electron chi connectivity index (χ3n) is 7.45. The number of benzene rings is 6. The van der Waals surface area contributed by atoms with Gasteiger partial charge in [-0.15, -0.1) is 11.3 Å². The minimum atomic E-state index is 0. The number of aromatic amines is 1. The maximum atomic E-state index is 3.70. The molecule has 0 aliphatic rings. The summed E-state index contributed by atoms with van der Waals surface area (Å²) < 4.78 is 2.70. The first-order valence-corrected chi connectivity index (χ1v) is 13.1. The van der Waals surface area contributed by atoms with Crippen molar-refractivity contribution in [1.29, 1.82) is 0 Å². The van der Waals surface area contributed by atoms with Gasteiger partial charge in [-0.3, -0.25) is 0 Å². The van der Waals surface area contributed by atoms with Gasteiger partial charge >= 0.3 is 0 Å². The standard InChI is InChI=1S/C34H21NS.H2/c1-3-19-31-25(9-1)28-16-7-15-27(33(28)35-31)23-13-5-12-22-21(23)11-6-14-24(22)29-17-8-18-30-26-10-2-4-20-32(26)36-34(29)30;/h1-20,35H;1H.